The summed E-state index contributed by atoms with van der Waals surface area (Å²) in [5.74, 6) is -1.95. The maximum atomic E-state index is 13.0. The fourth-order valence-electron chi connectivity index (χ4n) is 7.41. The number of thioether (sulfide) groups is 1. The number of aliphatic hydroxyl groups excluding tert-OH is 2. The number of nitrogens with one attached hydrogen (secondary N) is 2. The molecular weight excluding hydrogens is 1040 g/mol. The summed E-state index contributed by atoms with van der Waals surface area (Å²) in [4.78, 5) is 101. The molecule has 26 nitrogen and oxygen atoms in total. The number of carboxylic acids is 1. The normalized spacial score (nSPS) is 19.8. The summed E-state index contributed by atoms with van der Waals surface area (Å²) in [6.07, 6.45) is -0.468. The number of nitrogens with two attached hydrogens (primary N) is 1. The van der Waals surface area contributed by atoms with Crippen molar-refractivity contribution in [1.29, 1.82) is 0 Å². The lowest BCUT2D eigenvalue weighted by Gasteiger charge is -2.30. The van der Waals surface area contributed by atoms with E-state index in [1.165, 1.54) is 25.0 Å². The predicted octanol–water partition coefficient (Wildman–Crippen LogP) is 3.93. The molecule has 0 radical (unpaired) electrons. The number of hydrogen-bond acceptors (Lipinski definition) is 19. The minimum atomic E-state index is -5.60. The Hall–Kier alpha value is -3.75. The molecule has 73 heavy (non-hydrogen) atoms. The highest BCUT2D eigenvalue weighted by atomic mass is 32.2. The molecule has 30 heteroatoms. The topological polar surface area (TPSA) is 401 Å². The van der Waals surface area contributed by atoms with Crippen LogP contribution in [0.5, 0.6) is 0 Å². The lowest BCUT2D eigenvalue weighted by Crippen LogP contribution is -2.46. The number of amides is 2. The number of ether oxygens (including phenoxy) is 1. The first-order valence-corrected chi connectivity index (χ1v) is 28.7. The number of aryl methyl sites for hydroxylation is 2. The minimum Gasteiger partial charge on any atom is -0.481 e. The largest absolute Gasteiger partial charge is 0.481 e. The van der Waals surface area contributed by atoms with E-state index >= 15 is 0 Å². The molecule has 1 fully saturated rings. The predicted molar refractivity (Wildman–Crippen MR) is 264 cm³/mol. The number of imidazole rings is 1. The van der Waals surface area contributed by atoms with Crippen molar-refractivity contribution in [2.24, 2.45) is 16.2 Å². The molecule has 11 N–H and O–H groups in total. The van der Waals surface area contributed by atoms with Crippen molar-refractivity contribution in [2.75, 3.05) is 37.8 Å². The van der Waals surface area contributed by atoms with Crippen LogP contribution in [0.15, 0.2) is 36.9 Å². The molecule has 2 amide bonds. The number of phosphoric acid groups is 3. The van der Waals surface area contributed by atoms with Crippen LogP contribution in [0.25, 0.3) is 11.2 Å². The Bertz CT molecular complexity index is 2530. The van der Waals surface area contributed by atoms with Crippen molar-refractivity contribution in [2.45, 2.75) is 130 Å². The van der Waals surface area contributed by atoms with Gasteiger partial charge in [-0.15, -0.1) is 0 Å². The second-order valence-corrected chi connectivity index (χ2v) is 24.8. The van der Waals surface area contributed by atoms with Crippen molar-refractivity contribution in [3.8, 4) is 0 Å². The SMILES string of the molecule is CC(C)(CCCCc1cccc(CCCCC(C)(C)C(=O)SCCNC(=O)CCNC(=O)[C@H](O)C(C)(C)COP(=O)(O)OP(=O)(O)OC[C@H]2O[C@@H](n3cnc4c(N)ncnc43)[C@H](O)[C@@H]2OP(=O)(O)O)c1)C(=O)O. The molecule has 3 aromatic rings. The summed E-state index contributed by atoms with van der Waals surface area (Å²) < 4.78 is 62.6. The van der Waals surface area contributed by atoms with Crippen LogP contribution < -0.4 is 16.4 Å². The van der Waals surface area contributed by atoms with Gasteiger partial charge in [-0.05, 0) is 63.5 Å². The van der Waals surface area contributed by atoms with E-state index in [4.69, 9.17) is 19.5 Å². The van der Waals surface area contributed by atoms with E-state index in [0.717, 1.165) is 67.5 Å². The fraction of sp³-hybridized carbons (Fsp3) is 0.651. The van der Waals surface area contributed by atoms with Crippen LogP contribution in [0.1, 0.15) is 104 Å². The van der Waals surface area contributed by atoms with Gasteiger partial charge in [0, 0.05) is 36.1 Å². The highest BCUT2D eigenvalue weighted by molar-refractivity contribution is 8.13. The molecule has 2 unspecified atom stereocenters. The molecule has 7 atom stereocenters. The highest BCUT2D eigenvalue weighted by Gasteiger charge is 2.50. The second-order valence-electron chi connectivity index (χ2n) is 19.5. The molecule has 0 saturated carbocycles. The van der Waals surface area contributed by atoms with Gasteiger partial charge in [0.2, 0.25) is 11.8 Å². The second kappa shape index (κ2) is 26.3. The summed E-state index contributed by atoms with van der Waals surface area (Å²) in [7, 11) is -16.5. The molecule has 4 rings (SSSR count). The van der Waals surface area contributed by atoms with Crippen LogP contribution in [0.4, 0.5) is 5.82 Å². The molecule has 0 aliphatic carbocycles. The molecule has 1 saturated heterocycles. The van der Waals surface area contributed by atoms with Gasteiger partial charge in [0.05, 0.1) is 25.0 Å². The number of carboxylic acid groups (broad SMARTS) is 1. The van der Waals surface area contributed by atoms with Gasteiger partial charge in [-0.1, -0.05) is 76.6 Å². The summed E-state index contributed by atoms with van der Waals surface area (Å²) in [5, 5.41) is 36.0. The molecule has 2 aromatic heterocycles. The Morgan fingerprint density at radius 3 is 2.11 bits per heavy atom. The number of nitrogens with zero attached hydrogens (tertiary/aromatic N) is 4. The first-order valence-electron chi connectivity index (χ1n) is 23.2. The van der Waals surface area contributed by atoms with Crippen LogP contribution in [-0.2, 0) is 68.3 Å². The number of rotatable bonds is 31. The number of aliphatic carboxylic acids is 1. The number of carbonyl (C=O) groups excluding carboxylic acids is 3. The molecule has 0 bridgehead atoms. The lowest BCUT2D eigenvalue weighted by molar-refractivity contribution is -0.147. The number of carbonyl (C=O) groups is 4. The number of anilines is 1. The Morgan fingerprint density at radius 1 is 0.877 bits per heavy atom. The van der Waals surface area contributed by atoms with Crippen LogP contribution in [0.2, 0.25) is 0 Å². The molecular formula is C43H68N7O19P3S. The molecule has 410 valence electrons. The van der Waals surface area contributed by atoms with Crippen molar-refractivity contribution < 1.29 is 90.4 Å². The number of aromatic nitrogens is 4. The Balaban J connectivity index is 1.12. The zero-order valence-corrected chi connectivity index (χ0v) is 44.9. The van der Waals surface area contributed by atoms with Gasteiger partial charge >= 0.3 is 29.4 Å². The summed E-state index contributed by atoms with van der Waals surface area (Å²) >= 11 is 1.11. The van der Waals surface area contributed by atoms with Gasteiger partial charge in [0.25, 0.3) is 0 Å². The fourth-order valence-corrected chi connectivity index (χ4v) is 11.1. The first kappa shape index (κ1) is 61.8. The standard InChI is InChI=1S/C43H68N7O19P3S/c1-41(2,39(55)56)17-9-7-12-27-14-11-15-28(22-27)13-8-10-18-42(3,4)40(57)73-21-20-45-30(51)16-19-46-37(54)34(53)43(5,6)24-66-72(63,64)69-71(61,62)65-23-29-33(68-70(58,59)60)32(52)38(67-29)50-26-49-31-35(44)47-25-48-36(31)50/h11,14-15,22,25-26,29,32-34,38,52-53H,7-10,12-13,16-21,23-24H2,1-6H3,(H,45,51)(H,46,54)(H,55,56)(H,61,62)(H,63,64)(H2,44,47,48)(H2,58,59,60)/t29-,32-,33-,34+,38-/m1/s1. The average molecular weight is 1110 g/mol. The van der Waals surface area contributed by atoms with Crippen LogP contribution in [0.3, 0.4) is 0 Å². The van der Waals surface area contributed by atoms with E-state index in [-0.39, 0.29) is 41.6 Å². The highest BCUT2D eigenvalue weighted by Crippen LogP contribution is 2.61. The van der Waals surface area contributed by atoms with Crippen molar-refractivity contribution >= 4 is 75.1 Å². The quantitative estimate of drug-likeness (QED) is 0.0322. The van der Waals surface area contributed by atoms with E-state index in [0.29, 0.717) is 18.6 Å². The molecule has 1 aliphatic rings. The van der Waals surface area contributed by atoms with Gasteiger partial charge in [0.1, 0.15) is 36.3 Å². The van der Waals surface area contributed by atoms with Crippen LogP contribution in [-0.4, -0.2) is 134 Å². The number of fused-ring (bicyclic) bond motifs is 1. The number of hydrogen-bond donors (Lipinski definition) is 10. The van der Waals surface area contributed by atoms with Gasteiger partial charge < -0.3 is 56.0 Å². The van der Waals surface area contributed by atoms with Gasteiger partial charge in [-0.2, -0.15) is 4.31 Å². The van der Waals surface area contributed by atoms with Crippen molar-refractivity contribution in [3.05, 3.63) is 48.0 Å². The number of aliphatic hydroxyl groups is 2. The summed E-state index contributed by atoms with van der Waals surface area (Å²) in [6.45, 7) is 7.69. The molecule has 3 heterocycles. The number of unbranched alkanes of at least 4 members (excludes halogenated alkanes) is 2. The Labute approximate surface area is 426 Å². The van der Waals surface area contributed by atoms with E-state index in [9.17, 15) is 67.8 Å². The van der Waals surface area contributed by atoms with E-state index in [1.807, 2.05) is 19.9 Å². The van der Waals surface area contributed by atoms with Crippen molar-refractivity contribution in [1.82, 2.24) is 30.2 Å². The maximum absolute atomic E-state index is 13.0. The van der Waals surface area contributed by atoms with Gasteiger partial charge in [-0.3, -0.25) is 37.3 Å². The van der Waals surface area contributed by atoms with E-state index in [1.54, 1.807) is 13.8 Å². The Morgan fingerprint density at radius 2 is 1.49 bits per heavy atom. The third-order valence-electron chi connectivity index (χ3n) is 11.9. The third-order valence-corrected chi connectivity index (χ3v) is 16.2. The smallest absolute Gasteiger partial charge is 0.481 e. The first-order chi connectivity index (χ1) is 33.8. The third kappa shape index (κ3) is 19.4. The van der Waals surface area contributed by atoms with Gasteiger partial charge in [0.15, 0.2) is 22.8 Å². The van der Waals surface area contributed by atoms with E-state index in [2.05, 4.69) is 52.6 Å². The average Bonchev–Trinajstić information content (AvgIpc) is 3.86. The van der Waals surface area contributed by atoms with E-state index < -0.39 is 101 Å². The van der Waals surface area contributed by atoms with Crippen LogP contribution in [0, 0.1) is 16.2 Å². The maximum Gasteiger partial charge on any atom is 0.481 e. The number of phosphoric ester groups is 3. The lowest BCUT2D eigenvalue weighted by atomic mass is 9.86. The Kier molecular flexibility index (Phi) is 22.3. The molecule has 0 spiro atoms. The summed E-state index contributed by atoms with van der Waals surface area (Å²) in [6, 6.07) is 8.39. The zero-order valence-electron chi connectivity index (χ0n) is 41.4. The number of benzene rings is 1. The minimum absolute atomic E-state index is 0.00764. The molecule has 1 aliphatic heterocycles. The number of nitrogen functional groups attached to an aromatic ring is 1. The van der Waals surface area contributed by atoms with Crippen LogP contribution >= 0.6 is 35.2 Å². The summed E-state index contributed by atoms with van der Waals surface area (Å²) in [5.41, 5.74) is 5.36. The van der Waals surface area contributed by atoms with Gasteiger partial charge in [-0.25, -0.2) is 28.6 Å². The monoisotopic (exact) mass is 1110 g/mol. The molecule has 1 aromatic carbocycles. The zero-order chi connectivity index (χ0) is 54.6. The van der Waals surface area contributed by atoms with Crippen molar-refractivity contribution in [3.63, 3.8) is 0 Å².